The van der Waals surface area contributed by atoms with E-state index >= 15 is 0 Å². The molecule has 0 atom stereocenters. The first-order valence-electron chi connectivity index (χ1n) is 5.38. The fourth-order valence-corrected chi connectivity index (χ4v) is 1.46. The normalized spacial score (nSPS) is 11.1. The number of aromatic nitrogens is 1. The van der Waals surface area contributed by atoms with Crippen LogP contribution < -0.4 is 11.1 Å². The fourth-order valence-electron chi connectivity index (χ4n) is 1.46. The molecule has 0 radical (unpaired) electrons. The molecular formula is C12H19N3O2. The smallest absolute Gasteiger partial charge is 0.411 e. The van der Waals surface area contributed by atoms with Gasteiger partial charge in [0.25, 0.3) is 0 Å². The van der Waals surface area contributed by atoms with Crippen molar-refractivity contribution in [2.45, 2.75) is 33.1 Å². The van der Waals surface area contributed by atoms with Gasteiger partial charge in [-0.05, 0) is 18.6 Å². The number of carbonyl (C=O) groups excluding carboxylic acids is 1. The Morgan fingerprint density at radius 2 is 2.06 bits per heavy atom. The molecule has 17 heavy (non-hydrogen) atoms. The molecule has 5 heteroatoms. The number of nitrogens with one attached hydrogen (secondary N) is 1. The summed E-state index contributed by atoms with van der Waals surface area (Å²) in [6.45, 7) is 7.86. The summed E-state index contributed by atoms with van der Waals surface area (Å²) >= 11 is 0. The second kappa shape index (κ2) is 4.61. The summed E-state index contributed by atoms with van der Waals surface area (Å²) in [4.78, 5) is 15.6. The molecule has 3 N–H and O–H groups in total. The van der Waals surface area contributed by atoms with E-state index in [9.17, 15) is 4.79 Å². The number of hydrogen-bond acceptors (Lipinski definition) is 4. The summed E-state index contributed by atoms with van der Waals surface area (Å²) in [5, 5.41) is 2.66. The number of nitrogen functional groups attached to an aromatic ring is 1. The van der Waals surface area contributed by atoms with Gasteiger partial charge in [0.1, 0.15) is 5.82 Å². The van der Waals surface area contributed by atoms with Gasteiger partial charge in [0, 0.05) is 5.41 Å². The number of pyridine rings is 1. The first-order valence-corrected chi connectivity index (χ1v) is 5.38. The lowest BCUT2D eigenvalue weighted by molar-refractivity contribution is 0.187. The highest BCUT2D eigenvalue weighted by molar-refractivity contribution is 5.86. The third kappa shape index (κ3) is 3.09. The van der Waals surface area contributed by atoms with E-state index in [1.54, 1.807) is 6.07 Å². The van der Waals surface area contributed by atoms with Crippen molar-refractivity contribution in [3.05, 3.63) is 17.3 Å². The highest BCUT2D eigenvalue weighted by atomic mass is 16.5. The van der Waals surface area contributed by atoms with Crippen LogP contribution in [0.15, 0.2) is 6.07 Å². The van der Waals surface area contributed by atoms with Crippen LogP contribution in [-0.4, -0.2) is 18.2 Å². The van der Waals surface area contributed by atoms with Crippen LogP contribution in [0.1, 0.15) is 32.0 Å². The number of amides is 1. The maximum Gasteiger partial charge on any atom is 0.411 e. The molecule has 0 saturated heterocycles. The zero-order valence-corrected chi connectivity index (χ0v) is 10.9. The van der Waals surface area contributed by atoms with E-state index in [4.69, 9.17) is 5.73 Å². The molecule has 0 fully saturated rings. The quantitative estimate of drug-likeness (QED) is 0.786. The van der Waals surface area contributed by atoms with Gasteiger partial charge in [-0.25, -0.2) is 9.78 Å². The monoisotopic (exact) mass is 237 g/mol. The third-order valence-electron chi connectivity index (χ3n) is 2.38. The minimum absolute atomic E-state index is 0.210. The number of nitrogens with two attached hydrogens (primary N) is 1. The molecule has 0 aliphatic rings. The molecule has 0 aliphatic heterocycles. The lowest BCUT2D eigenvalue weighted by Crippen LogP contribution is -2.21. The van der Waals surface area contributed by atoms with Crippen LogP contribution in [0, 0.1) is 6.92 Å². The number of aryl methyl sites for hydroxylation is 1. The summed E-state index contributed by atoms with van der Waals surface area (Å²) in [5.74, 6) is 0.477. The van der Waals surface area contributed by atoms with Gasteiger partial charge in [-0.15, -0.1) is 0 Å². The number of ether oxygens (including phenoxy) is 1. The SMILES string of the molecule is COC(=O)Nc1cc(C)c(N)nc1C(C)(C)C. The highest BCUT2D eigenvalue weighted by Crippen LogP contribution is 2.30. The molecule has 1 aromatic heterocycles. The van der Waals surface area contributed by atoms with Crippen molar-refractivity contribution >= 4 is 17.6 Å². The van der Waals surface area contributed by atoms with Gasteiger partial charge in [-0.1, -0.05) is 20.8 Å². The van der Waals surface area contributed by atoms with E-state index in [1.807, 2.05) is 27.7 Å². The molecule has 0 aliphatic carbocycles. The van der Waals surface area contributed by atoms with E-state index in [2.05, 4.69) is 15.0 Å². The molecule has 0 saturated carbocycles. The van der Waals surface area contributed by atoms with Crippen molar-refractivity contribution in [3.63, 3.8) is 0 Å². The molecule has 94 valence electrons. The molecule has 1 aromatic rings. The van der Waals surface area contributed by atoms with E-state index in [0.29, 0.717) is 11.5 Å². The number of anilines is 2. The van der Waals surface area contributed by atoms with Gasteiger partial charge in [-0.2, -0.15) is 0 Å². The van der Waals surface area contributed by atoms with E-state index in [-0.39, 0.29) is 5.41 Å². The van der Waals surface area contributed by atoms with Gasteiger partial charge in [0.2, 0.25) is 0 Å². The summed E-state index contributed by atoms with van der Waals surface area (Å²) < 4.78 is 4.58. The Hall–Kier alpha value is -1.78. The lowest BCUT2D eigenvalue weighted by Gasteiger charge is -2.22. The number of hydrogen-bond donors (Lipinski definition) is 2. The van der Waals surface area contributed by atoms with Crippen molar-refractivity contribution in [3.8, 4) is 0 Å². The predicted octanol–water partition coefficient (Wildman–Crippen LogP) is 2.45. The minimum Gasteiger partial charge on any atom is -0.453 e. The second-order valence-corrected chi connectivity index (χ2v) is 4.95. The molecule has 0 aromatic carbocycles. The van der Waals surface area contributed by atoms with Gasteiger partial charge in [0.05, 0.1) is 18.5 Å². The largest absolute Gasteiger partial charge is 0.453 e. The van der Waals surface area contributed by atoms with Crippen LogP contribution in [0.5, 0.6) is 0 Å². The number of methoxy groups -OCH3 is 1. The Kier molecular flexibility index (Phi) is 3.60. The molecule has 0 unspecified atom stereocenters. The van der Waals surface area contributed by atoms with E-state index in [1.165, 1.54) is 7.11 Å². The third-order valence-corrected chi connectivity index (χ3v) is 2.38. The van der Waals surface area contributed by atoms with Crippen LogP contribution in [0.25, 0.3) is 0 Å². The van der Waals surface area contributed by atoms with Gasteiger partial charge in [0.15, 0.2) is 0 Å². The Bertz CT molecular complexity index is 436. The lowest BCUT2D eigenvalue weighted by atomic mass is 9.90. The first-order chi connectivity index (χ1) is 7.75. The molecule has 0 spiro atoms. The van der Waals surface area contributed by atoms with Crippen molar-refractivity contribution in [2.24, 2.45) is 0 Å². The molecule has 1 heterocycles. The Labute approximate surface area is 101 Å². The van der Waals surface area contributed by atoms with Crippen LogP contribution >= 0.6 is 0 Å². The summed E-state index contributed by atoms with van der Waals surface area (Å²) in [6, 6.07) is 1.81. The zero-order chi connectivity index (χ0) is 13.2. The van der Waals surface area contributed by atoms with Crippen LogP contribution in [0.4, 0.5) is 16.3 Å². The van der Waals surface area contributed by atoms with Crippen LogP contribution in [-0.2, 0) is 10.2 Å². The van der Waals surface area contributed by atoms with E-state index < -0.39 is 6.09 Å². The Morgan fingerprint density at radius 3 is 2.53 bits per heavy atom. The number of carbonyl (C=O) groups is 1. The zero-order valence-electron chi connectivity index (χ0n) is 10.9. The topological polar surface area (TPSA) is 77.2 Å². The summed E-state index contributed by atoms with van der Waals surface area (Å²) in [5.41, 5.74) is 7.78. The molecular weight excluding hydrogens is 218 g/mol. The maximum atomic E-state index is 11.3. The van der Waals surface area contributed by atoms with Crippen molar-refractivity contribution in [2.75, 3.05) is 18.2 Å². The Morgan fingerprint density at radius 1 is 1.47 bits per heavy atom. The predicted molar refractivity (Wildman–Crippen MR) is 68.1 cm³/mol. The average molecular weight is 237 g/mol. The van der Waals surface area contributed by atoms with E-state index in [0.717, 1.165) is 11.3 Å². The van der Waals surface area contributed by atoms with Gasteiger partial charge >= 0.3 is 6.09 Å². The minimum atomic E-state index is -0.513. The van der Waals surface area contributed by atoms with Crippen LogP contribution in [0.3, 0.4) is 0 Å². The number of nitrogens with zero attached hydrogens (tertiary/aromatic N) is 1. The van der Waals surface area contributed by atoms with Crippen molar-refractivity contribution in [1.82, 2.24) is 4.98 Å². The van der Waals surface area contributed by atoms with Gasteiger partial charge in [-0.3, -0.25) is 5.32 Å². The van der Waals surface area contributed by atoms with Crippen molar-refractivity contribution in [1.29, 1.82) is 0 Å². The summed E-state index contributed by atoms with van der Waals surface area (Å²) in [6.07, 6.45) is -0.513. The van der Waals surface area contributed by atoms with Gasteiger partial charge < -0.3 is 10.5 Å². The molecule has 5 nitrogen and oxygen atoms in total. The van der Waals surface area contributed by atoms with Crippen LogP contribution in [0.2, 0.25) is 0 Å². The summed E-state index contributed by atoms with van der Waals surface area (Å²) in [7, 11) is 1.32. The first kappa shape index (κ1) is 13.3. The highest BCUT2D eigenvalue weighted by Gasteiger charge is 2.22. The average Bonchev–Trinajstić information content (AvgIpc) is 2.21. The molecule has 1 amide bonds. The molecule has 0 bridgehead atoms. The molecule has 1 rings (SSSR count). The second-order valence-electron chi connectivity index (χ2n) is 4.95. The fraction of sp³-hybridized carbons (Fsp3) is 0.500. The van der Waals surface area contributed by atoms with Crippen molar-refractivity contribution < 1.29 is 9.53 Å². The maximum absolute atomic E-state index is 11.3. The number of rotatable bonds is 1. The Balaban J connectivity index is 3.26. The standard InChI is InChI=1S/C12H19N3O2/c1-7-6-8(14-11(16)17-5)9(12(2,3)4)15-10(7)13/h6H,1-5H3,(H2,13,15)(H,14,16).